The van der Waals surface area contributed by atoms with Crippen molar-refractivity contribution in [2.24, 2.45) is 0 Å². The molecule has 222 valence electrons. The fourth-order valence-corrected chi connectivity index (χ4v) is 3.69. The van der Waals surface area contributed by atoms with Gasteiger partial charge in [0.2, 0.25) is 0 Å². The Morgan fingerprint density at radius 3 is 1.80 bits per heavy atom. The third kappa shape index (κ3) is 14.6. The maximum atomic E-state index is 12.3. The summed E-state index contributed by atoms with van der Waals surface area (Å²) in [4.78, 5) is 29.8. The highest BCUT2D eigenvalue weighted by molar-refractivity contribution is 7.21. The summed E-state index contributed by atoms with van der Waals surface area (Å²) in [5, 5.41) is 3.73. The highest BCUT2D eigenvalue weighted by Crippen LogP contribution is 2.31. The number of anilines is 2. The number of thiazole rings is 1. The number of nitrogens with zero attached hydrogens (tertiary/aromatic N) is 2. The molecular weight excluding hydrogens is 516 g/mol. The molecule has 0 spiro atoms. The van der Waals surface area contributed by atoms with E-state index in [2.05, 4.69) is 10.3 Å². The number of amides is 1. The Labute approximate surface area is 247 Å². The fraction of sp³-hybridized carbons (Fsp3) is 0.364. The summed E-state index contributed by atoms with van der Waals surface area (Å²) in [6.07, 6.45) is 0.831. The van der Waals surface area contributed by atoms with Crippen molar-refractivity contribution in [2.45, 2.75) is 62.8 Å². The van der Waals surface area contributed by atoms with Crippen LogP contribution in [0.1, 0.15) is 83.5 Å². The molecule has 0 saturated heterocycles. The van der Waals surface area contributed by atoms with E-state index in [4.69, 9.17) is 5.73 Å². The molecule has 0 aliphatic carbocycles. The Morgan fingerprint density at radius 2 is 1.32 bits per heavy atom. The topological polar surface area (TPSA) is 88.3 Å². The second-order valence-electron chi connectivity index (χ2n) is 7.36. The summed E-state index contributed by atoms with van der Waals surface area (Å²) in [6, 6.07) is 19.7. The number of benzene rings is 3. The number of carbonyl (C=O) groups excluding carboxylic acids is 2. The predicted octanol–water partition coefficient (Wildman–Crippen LogP) is 9.53. The van der Waals surface area contributed by atoms with Gasteiger partial charge in [-0.1, -0.05) is 62.8 Å². The van der Waals surface area contributed by atoms with Crippen molar-refractivity contribution in [3.63, 3.8) is 0 Å². The molecule has 0 atom stereocenters. The molecule has 1 aromatic heterocycles. The third-order valence-corrected chi connectivity index (χ3v) is 5.18. The minimum Gasteiger partial charge on any atom is -0.399 e. The number of aromatic nitrogens is 1. The Morgan fingerprint density at radius 1 is 0.825 bits per heavy atom. The van der Waals surface area contributed by atoms with Crippen LogP contribution in [0.3, 0.4) is 0 Å². The minimum absolute atomic E-state index is 0. The molecule has 3 N–H and O–H groups in total. The van der Waals surface area contributed by atoms with Crippen molar-refractivity contribution < 1.29 is 9.59 Å². The Balaban J connectivity index is -0.000000924. The van der Waals surface area contributed by atoms with E-state index in [-0.39, 0.29) is 13.3 Å². The van der Waals surface area contributed by atoms with Gasteiger partial charge in [0.25, 0.3) is 5.91 Å². The molecule has 3 aromatic carbocycles. The lowest BCUT2D eigenvalue weighted by Crippen LogP contribution is -2.11. The average molecular weight is 569 g/mol. The zero-order valence-corrected chi connectivity index (χ0v) is 26.4. The molecular formula is C33H52N4O2S. The number of nitrogen functional groups attached to an aromatic ring is 1. The van der Waals surface area contributed by atoms with E-state index >= 15 is 0 Å². The smallest absolute Gasteiger partial charge is 0.255 e. The second kappa shape index (κ2) is 24.5. The number of rotatable bonds is 4. The first-order chi connectivity index (χ1) is 18.9. The summed E-state index contributed by atoms with van der Waals surface area (Å²) < 4.78 is 0.968. The molecule has 40 heavy (non-hydrogen) atoms. The van der Waals surface area contributed by atoms with Gasteiger partial charge in [-0.15, -0.1) is 11.3 Å². The van der Waals surface area contributed by atoms with Crippen molar-refractivity contribution in [1.82, 2.24) is 9.88 Å². The molecule has 0 bridgehead atoms. The molecule has 0 saturated carbocycles. The van der Waals surface area contributed by atoms with E-state index in [0.29, 0.717) is 22.5 Å². The molecule has 0 radical (unpaired) electrons. The number of hydrogen-bond acceptors (Lipinski definition) is 6. The lowest BCUT2D eigenvalue weighted by Gasteiger charge is -2.06. The molecule has 6 nitrogen and oxygen atoms in total. The number of fused-ring (bicyclic) bond motifs is 1. The van der Waals surface area contributed by atoms with Crippen LogP contribution in [-0.4, -0.2) is 43.2 Å². The SMILES string of the molecule is C.CC.CC.CC.CC.CN(C)C.Nc1ccc(C(=O)Nc2ccc(-c3nc4ccc(C=O)cc4s3)cc2)cc1. The normalized spacial score (nSPS) is 8.70. The lowest BCUT2D eigenvalue weighted by molar-refractivity contribution is 0.102. The van der Waals surface area contributed by atoms with Gasteiger partial charge in [0.15, 0.2) is 0 Å². The van der Waals surface area contributed by atoms with Crippen LogP contribution in [0.2, 0.25) is 0 Å². The van der Waals surface area contributed by atoms with Crippen LogP contribution < -0.4 is 11.1 Å². The van der Waals surface area contributed by atoms with Gasteiger partial charge < -0.3 is 16.0 Å². The summed E-state index contributed by atoms with van der Waals surface area (Å²) in [5.41, 5.74) is 9.96. The number of carbonyl (C=O) groups is 2. The molecule has 1 heterocycles. The Kier molecular flexibility index (Phi) is 25.1. The van der Waals surface area contributed by atoms with Gasteiger partial charge in [-0.3, -0.25) is 9.59 Å². The lowest BCUT2D eigenvalue weighted by atomic mass is 10.1. The standard InChI is InChI=1S/C21H15N3O2S.C3H9N.4C2H6.CH4/c22-16-6-2-14(3-7-16)20(26)23-17-8-4-15(5-9-17)21-24-18-10-1-13(12-25)11-19(18)27-21;1-4(2)3;4*1-2;/h1-12H,22H2,(H,23,26);1-3H3;4*1-2H3;1H4. The number of nitrogens with one attached hydrogen (secondary N) is 1. The summed E-state index contributed by atoms with van der Waals surface area (Å²) in [6.45, 7) is 16.0. The van der Waals surface area contributed by atoms with E-state index in [1.807, 2.05) is 118 Å². The van der Waals surface area contributed by atoms with E-state index in [1.165, 1.54) is 11.3 Å². The Hall–Kier alpha value is -3.55. The molecule has 0 aliphatic heterocycles. The van der Waals surface area contributed by atoms with Crippen molar-refractivity contribution in [2.75, 3.05) is 32.2 Å². The summed E-state index contributed by atoms with van der Waals surface area (Å²) >= 11 is 1.53. The minimum atomic E-state index is -0.191. The average Bonchev–Trinajstić information content (AvgIpc) is 3.41. The first-order valence-corrected chi connectivity index (χ1v) is 14.4. The van der Waals surface area contributed by atoms with Crippen LogP contribution in [0.5, 0.6) is 0 Å². The first kappa shape index (κ1) is 40.9. The molecule has 1 amide bonds. The van der Waals surface area contributed by atoms with E-state index in [1.54, 1.807) is 30.3 Å². The highest BCUT2D eigenvalue weighted by Gasteiger charge is 2.09. The van der Waals surface area contributed by atoms with Crippen molar-refractivity contribution in [3.05, 3.63) is 77.9 Å². The number of hydrogen-bond donors (Lipinski definition) is 2. The van der Waals surface area contributed by atoms with Crippen LogP contribution in [0, 0.1) is 0 Å². The van der Waals surface area contributed by atoms with E-state index in [9.17, 15) is 9.59 Å². The van der Waals surface area contributed by atoms with Gasteiger partial charge in [-0.25, -0.2) is 4.98 Å². The summed E-state index contributed by atoms with van der Waals surface area (Å²) in [5.74, 6) is -0.191. The highest BCUT2D eigenvalue weighted by atomic mass is 32.1. The van der Waals surface area contributed by atoms with Gasteiger partial charge >= 0.3 is 0 Å². The van der Waals surface area contributed by atoms with Crippen LogP contribution in [-0.2, 0) is 0 Å². The monoisotopic (exact) mass is 568 g/mol. The fourth-order valence-electron chi connectivity index (χ4n) is 2.67. The van der Waals surface area contributed by atoms with Crippen LogP contribution >= 0.6 is 11.3 Å². The van der Waals surface area contributed by atoms with Crippen molar-refractivity contribution in [3.8, 4) is 10.6 Å². The molecule has 0 aliphatic rings. The van der Waals surface area contributed by atoms with Gasteiger partial charge in [0.05, 0.1) is 10.2 Å². The van der Waals surface area contributed by atoms with E-state index < -0.39 is 0 Å². The second-order valence-corrected chi connectivity index (χ2v) is 8.39. The maximum absolute atomic E-state index is 12.3. The first-order valence-electron chi connectivity index (χ1n) is 13.6. The zero-order chi connectivity index (χ0) is 30.4. The third-order valence-electron chi connectivity index (χ3n) is 4.11. The largest absolute Gasteiger partial charge is 0.399 e. The quantitative estimate of drug-likeness (QED) is 0.189. The van der Waals surface area contributed by atoms with Crippen LogP contribution in [0.4, 0.5) is 11.4 Å². The number of aldehydes is 1. The summed E-state index contributed by atoms with van der Waals surface area (Å²) in [7, 11) is 6.00. The van der Waals surface area contributed by atoms with Gasteiger partial charge in [0.1, 0.15) is 11.3 Å². The molecule has 4 aromatic rings. The Bertz CT molecular complexity index is 1180. The molecule has 4 rings (SSSR count). The molecule has 0 unspecified atom stereocenters. The predicted molar refractivity (Wildman–Crippen MR) is 181 cm³/mol. The van der Waals surface area contributed by atoms with Gasteiger partial charge in [-0.2, -0.15) is 0 Å². The maximum Gasteiger partial charge on any atom is 0.255 e. The van der Waals surface area contributed by atoms with Crippen molar-refractivity contribution >= 4 is 45.1 Å². The van der Waals surface area contributed by atoms with E-state index in [0.717, 1.165) is 27.1 Å². The number of nitrogens with two attached hydrogens (primary N) is 1. The molecule has 0 fully saturated rings. The van der Waals surface area contributed by atoms with Crippen LogP contribution in [0.25, 0.3) is 20.8 Å². The molecule has 7 heteroatoms. The van der Waals surface area contributed by atoms with Crippen molar-refractivity contribution in [1.29, 1.82) is 0 Å². The van der Waals surface area contributed by atoms with Gasteiger partial charge in [0, 0.05) is 28.1 Å². The van der Waals surface area contributed by atoms with Crippen LogP contribution in [0.15, 0.2) is 66.7 Å². The van der Waals surface area contributed by atoms with Gasteiger partial charge in [-0.05, 0) is 87.9 Å². The zero-order valence-electron chi connectivity index (χ0n) is 25.6.